The average molecular weight is 405 g/mol. The maximum absolute atomic E-state index is 3.91. The highest BCUT2D eigenvalue weighted by molar-refractivity contribution is 5.63. The molecule has 0 unspecified atom stereocenters. The zero-order valence-corrected chi connectivity index (χ0v) is 21.6. The van der Waals surface area contributed by atoms with Crippen molar-refractivity contribution in [3.8, 4) is 0 Å². The number of rotatable bonds is 5. The molecule has 0 heteroatoms. The summed E-state index contributed by atoms with van der Waals surface area (Å²) >= 11 is 0. The standard InChI is InChI=1S/2C15H22/c1-8-14-10(4)12(6)15(9(2)3)13(7)11(14)5;1-7-9-15-12(5)10(3)14(8-2)11(4)13(15)6/h8-9H,1H2,2-7H3;8H,2,7,9H2,1,3-6H3. The molecule has 2 aromatic rings. The summed E-state index contributed by atoms with van der Waals surface area (Å²) in [6.07, 6.45) is 6.37. The van der Waals surface area contributed by atoms with Gasteiger partial charge in [-0.15, -0.1) is 0 Å². The van der Waals surface area contributed by atoms with Crippen molar-refractivity contribution in [1.29, 1.82) is 0 Å². The Bertz CT molecular complexity index is 877. The third-order valence-corrected chi connectivity index (χ3v) is 7.06. The molecule has 2 rings (SSSR count). The van der Waals surface area contributed by atoms with Crippen LogP contribution in [0.1, 0.15) is 99.9 Å². The van der Waals surface area contributed by atoms with E-state index in [1.807, 2.05) is 12.2 Å². The molecule has 164 valence electrons. The molecule has 0 aromatic heterocycles. The average Bonchev–Trinajstić information content (AvgIpc) is 2.69. The summed E-state index contributed by atoms with van der Waals surface area (Å²) in [5.41, 5.74) is 17.0. The smallest absolute Gasteiger partial charge is 0.0198 e. The van der Waals surface area contributed by atoms with Crippen molar-refractivity contribution >= 4 is 12.2 Å². The molecular weight excluding hydrogens is 360 g/mol. The molecular formula is C30H44. The zero-order valence-electron chi connectivity index (χ0n) is 21.6. The van der Waals surface area contributed by atoms with Crippen LogP contribution in [-0.4, -0.2) is 0 Å². The summed E-state index contributed by atoms with van der Waals surface area (Å²) < 4.78 is 0. The van der Waals surface area contributed by atoms with Crippen LogP contribution in [0, 0.1) is 55.4 Å². The normalized spacial score (nSPS) is 10.7. The van der Waals surface area contributed by atoms with E-state index in [1.54, 1.807) is 0 Å². The second kappa shape index (κ2) is 10.8. The molecule has 0 saturated heterocycles. The first kappa shape index (κ1) is 26.0. The van der Waals surface area contributed by atoms with Crippen LogP contribution in [0.25, 0.3) is 12.2 Å². The van der Waals surface area contributed by atoms with Crippen LogP contribution in [0.15, 0.2) is 13.2 Å². The zero-order chi connectivity index (χ0) is 23.3. The Kier molecular flexibility index (Phi) is 9.35. The first-order valence-corrected chi connectivity index (χ1v) is 11.4. The first-order chi connectivity index (χ1) is 14.0. The lowest BCUT2D eigenvalue weighted by Crippen LogP contribution is -2.04. The number of benzene rings is 2. The second-order valence-corrected chi connectivity index (χ2v) is 9.03. The molecule has 0 nitrogen and oxygen atoms in total. The Morgan fingerprint density at radius 2 is 0.933 bits per heavy atom. The maximum Gasteiger partial charge on any atom is -0.0198 e. The molecule has 0 radical (unpaired) electrons. The summed E-state index contributed by atoms with van der Waals surface area (Å²) in [5.74, 6) is 0.598. The summed E-state index contributed by atoms with van der Waals surface area (Å²) in [5, 5.41) is 0. The molecule has 2 aromatic carbocycles. The van der Waals surface area contributed by atoms with Gasteiger partial charge in [-0.3, -0.25) is 0 Å². The minimum Gasteiger partial charge on any atom is -0.0984 e. The van der Waals surface area contributed by atoms with E-state index in [4.69, 9.17) is 0 Å². The van der Waals surface area contributed by atoms with Gasteiger partial charge in [0, 0.05) is 0 Å². The molecule has 0 bridgehead atoms. The van der Waals surface area contributed by atoms with Crippen LogP contribution >= 0.6 is 0 Å². The SMILES string of the molecule is C=Cc1c(C)c(C)c(C(C)C)c(C)c1C.C=Cc1c(C)c(C)c(CCC)c(C)c1C. The first-order valence-electron chi connectivity index (χ1n) is 11.4. The van der Waals surface area contributed by atoms with Gasteiger partial charge < -0.3 is 0 Å². The topological polar surface area (TPSA) is 0 Å². The van der Waals surface area contributed by atoms with Crippen molar-refractivity contribution in [1.82, 2.24) is 0 Å². The Balaban J connectivity index is 0.000000300. The van der Waals surface area contributed by atoms with Gasteiger partial charge in [0.2, 0.25) is 0 Å². The molecule has 0 aliphatic carbocycles. The number of hydrogen-bond acceptors (Lipinski definition) is 0. The van der Waals surface area contributed by atoms with Crippen LogP contribution in [0.3, 0.4) is 0 Å². The van der Waals surface area contributed by atoms with Crippen molar-refractivity contribution in [2.75, 3.05) is 0 Å². The van der Waals surface area contributed by atoms with Crippen LogP contribution < -0.4 is 0 Å². The third kappa shape index (κ3) is 4.97. The second-order valence-electron chi connectivity index (χ2n) is 9.03. The lowest BCUT2D eigenvalue weighted by Gasteiger charge is -2.21. The van der Waals surface area contributed by atoms with Gasteiger partial charge in [0.15, 0.2) is 0 Å². The van der Waals surface area contributed by atoms with Crippen molar-refractivity contribution < 1.29 is 0 Å². The Labute approximate surface area is 187 Å². The van der Waals surface area contributed by atoms with Crippen LogP contribution in [0.2, 0.25) is 0 Å². The van der Waals surface area contributed by atoms with Crippen LogP contribution in [-0.2, 0) is 6.42 Å². The number of hydrogen-bond donors (Lipinski definition) is 0. The summed E-state index contributed by atoms with van der Waals surface area (Å²) in [4.78, 5) is 0. The van der Waals surface area contributed by atoms with Gasteiger partial charge in [0.25, 0.3) is 0 Å². The Hall–Kier alpha value is -2.08. The maximum atomic E-state index is 3.91. The molecule has 0 aliphatic rings. The largest absolute Gasteiger partial charge is 0.0984 e. The molecule has 30 heavy (non-hydrogen) atoms. The van der Waals surface area contributed by atoms with E-state index in [0.717, 1.165) is 0 Å². The molecule has 0 saturated carbocycles. The Morgan fingerprint density at radius 1 is 0.600 bits per heavy atom. The molecule has 0 aliphatic heterocycles. The summed E-state index contributed by atoms with van der Waals surface area (Å²) in [7, 11) is 0. The van der Waals surface area contributed by atoms with E-state index < -0.39 is 0 Å². The van der Waals surface area contributed by atoms with Crippen LogP contribution in [0.5, 0.6) is 0 Å². The fraction of sp³-hybridized carbons (Fsp3) is 0.467. The van der Waals surface area contributed by atoms with E-state index in [2.05, 4.69) is 89.3 Å². The van der Waals surface area contributed by atoms with Crippen molar-refractivity contribution in [2.45, 2.75) is 94.9 Å². The van der Waals surface area contributed by atoms with Gasteiger partial charge in [-0.25, -0.2) is 0 Å². The van der Waals surface area contributed by atoms with E-state index in [-0.39, 0.29) is 0 Å². The van der Waals surface area contributed by atoms with Gasteiger partial charge in [0.1, 0.15) is 0 Å². The van der Waals surface area contributed by atoms with E-state index in [9.17, 15) is 0 Å². The fourth-order valence-corrected chi connectivity index (χ4v) is 4.89. The predicted molar refractivity (Wildman–Crippen MR) is 139 cm³/mol. The van der Waals surface area contributed by atoms with Crippen molar-refractivity contribution in [2.24, 2.45) is 0 Å². The van der Waals surface area contributed by atoms with E-state index in [1.165, 1.54) is 79.6 Å². The van der Waals surface area contributed by atoms with Crippen molar-refractivity contribution in [3.05, 3.63) is 79.9 Å². The van der Waals surface area contributed by atoms with Gasteiger partial charge >= 0.3 is 0 Å². The molecule has 0 amide bonds. The quantitative estimate of drug-likeness (QED) is 0.466. The van der Waals surface area contributed by atoms with E-state index in [0.29, 0.717) is 5.92 Å². The molecule has 0 atom stereocenters. The molecule has 0 heterocycles. The summed E-state index contributed by atoms with van der Waals surface area (Å²) in [6.45, 7) is 32.3. The fourth-order valence-electron chi connectivity index (χ4n) is 4.89. The monoisotopic (exact) mass is 404 g/mol. The minimum atomic E-state index is 0.598. The predicted octanol–water partition coefficient (Wildman–Crippen LogP) is 9.20. The lowest BCUT2D eigenvalue weighted by atomic mass is 9.84. The highest BCUT2D eigenvalue weighted by Crippen LogP contribution is 2.32. The molecule has 0 N–H and O–H groups in total. The Morgan fingerprint density at radius 3 is 1.20 bits per heavy atom. The highest BCUT2D eigenvalue weighted by Gasteiger charge is 2.15. The molecule has 0 spiro atoms. The highest BCUT2D eigenvalue weighted by atomic mass is 14.2. The minimum absolute atomic E-state index is 0.598. The van der Waals surface area contributed by atoms with Gasteiger partial charge in [-0.05, 0) is 134 Å². The summed E-state index contributed by atoms with van der Waals surface area (Å²) in [6, 6.07) is 0. The van der Waals surface area contributed by atoms with Crippen LogP contribution in [0.4, 0.5) is 0 Å². The van der Waals surface area contributed by atoms with Gasteiger partial charge in [-0.1, -0.05) is 52.5 Å². The lowest BCUT2D eigenvalue weighted by molar-refractivity contribution is 0.839. The van der Waals surface area contributed by atoms with Gasteiger partial charge in [0.05, 0.1) is 0 Å². The van der Waals surface area contributed by atoms with Gasteiger partial charge in [-0.2, -0.15) is 0 Å². The van der Waals surface area contributed by atoms with E-state index >= 15 is 0 Å². The molecule has 0 fully saturated rings. The third-order valence-electron chi connectivity index (χ3n) is 7.06. The van der Waals surface area contributed by atoms with Crippen molar-refractivity contribution in [3.63, 3.8) is 0 Å².